The molecular formula is C6H14N-. The van der Waals surface area contributed by atoms with E-state index in [1.54, 1.807) is 0 Å². The van der Waals surface area contributed by atoms with E-state index in [9.17, 15) is 0 Å². The Balaban J connectivity index is 2.83. The molecule has 0 spiro atoms. The van der Waals surface area contributed by atoms with Gasteiger partial charge in [-0.25, -0.2) is 0 Å². The van der Waals surface area contributed by atoms with Gasteiger partial charge in [0.1, 0.15) is 0 Å². The third-order valence-corrected chi connectivity index (χ3v) is 1.18. The number of nitrogens with two attached hydrogens (primary N) is 1. The quantitative estimate of drug-likeness (QED) is 0.530. The van der Waals surface area contributed by atoms with E-state index in [0.717, 1.165) is 6.54 Å². The molecule has 0 aromatic rings. The molecule has 0 radical (unpaired) electrons. The van der Waals surface area contributed by atoms with Crippen LogP contribution in [0.4, 0.5) is 0 Å². The van der Waals surface area contributed by atoms with Gasteiger partial charge in [-0.2, -0.15) is 5.92 Å². The molecule has 0 aliphatic rings. The molecule has 0 heterocycles. The van der Waals surface area contributed by atoms with E-state index in [2.05, 4.69) is 20.3 Å². The normalized spacial score (nSPS) is 14.1. The maximum atomic E-state index is 5.25. The summed E-state index contributed by atoms with van der Waals surface area (Å²) in [7, 11) is 0. The Morgan fingerprint density at radius 2 is 2.29 bits per heavy atom. The van der Waals surface area contributed by atoms with Crippen LogP contribution in [0.5, 0.6) is 0 Å². The van der Waals surface area contributed by atoms with Gasteiger partial charge in [0.25, 0.3) is 0 Å². The Morgan fingerprint density at radius 1 is 1.71 bits per heavy atom. The summed E-state index contributed by atoms with van der Waals surface area (Å²) in [5.74, 6) is 0.699. The van der Waals surface area contributed by atoms with Gasteiger partial charge in [0, 0.05) is 0 Å². The zero-order chi connectivity index (χ0) is 5.70. The van der Waals surface area contributed by atoms with Crippen molar-refractivity contribution in [3.63, 3.8) is 0 Å². The molecular weight excluding hydrogens is 86.1 g/mol. The molecule has 1 nitrogen and oxygen atoms in total. The maximum absolute atomic E-state index is 5.25. The molecule has 0 saturated heterocycles. The van der Waals surface area contributed by atoms with Gasteiger partial charge in [-0.3, -0.25) is 0 Å². The van der Waals surface area contributed by atoms with E-state index in [1.807, 2.05) is 0 Å². The van der Waals surface area contributed by atoms with Crippen LogP contribution in [0, 0.1) is 12.3 Å². The van der Waals surface area contributed by atoms with Gasteiger partial charge in [0.2, 0.25) is 0 Å². The molecule has 0 bridgehead atoms. The molecule has 7 heavy (non-hydrogen) atoms. The lowest BCUT2D eigenvalue weighted by molar-refractivity contribution is 0.635. The summed E-state index contributed by atoms with van der Waals surface area (Å²) in [5.41, 5.74) is 5.25. The highest BCUT2D eigenvalue weighted by Crippen LogP contribution is 2.01. The Labute approximate surface area is 45.9 Å². The number of rotatable bonds is 3. The molecule has 1 heteroatoms. The minimum absolute atomic E-state index is 0.699. The second kappa shape index (κ2) is 4.13. The topological polar surface area (TPSA) is 26.0 Å². The van der Waals surface area contributed by atoms with Gasteiger partial charge in [-0.15, -0.1) is 6.54 Å². The summed E-state index contributed by atoms with van der Waals surface area (Å²) in [4.78, 5) is 0. The fraction of sp³-hybridized carbons (Fsp3) is 0.833. The van der Waals surface area contributed by atoms with Crippen molar-refractivity contribution in [1.29, 1.82) is 0 Å². The summed E-state index contributed by atoms with van der Waals surface area (Å²) in [6.07, 6.45) is 3.33. The van der Waals surface area contributed by atoms with Gasteiger partial charge in [0.05, 0.1) is 0 Å². The fourth-order valence-corrected chi connectivity index (χ4v) is 0.399. The summed E-state index contributed by atoms with van der Waals surface area (Å²) >= 11 is 0. The minimum atomic E-state index is 0.699. The van der Waals surface area contributed by atoms with Crippen molar-refractivity contribution in [1.82, 2.24) is 0 Å². The molecule has 1 unspecified atom stereocenters. The molecule has 0 saturated carbocycles. The Morgan fingerprint density at radius 3 is 2.43 bits per heavy atom. The van der Waals surface area contributed by atoms with Crippen LogP contribution >= 0.6 is 0 Å². The molecule has 0 aromatic heterocycles. The Bertz CT molecular complexity index is 35.2. The predicted octanol–water partition coefficient (Wildman–Crippen LogP) is 1.20. The third-order valence-electron chi connectivity index (χ3n) is 1.18. The molecule has 0 amide bonds. The molecule has 2 N–H and O–H groups in total. The summed E-state index contributed by atoms with van der Waals surface area (Å²) in [6.45, 7) is 5.05. The molecule has 1 atom stereocenters. The van der Waals surface area contributed by atoms with Crippen molar-refractivity contribution in [3.05, 3.63) is 6.42 Å². The van der Waals surface area contributed by atoms with Crippen LogP contribution in [0.15, 0.2) is 0 Å². The van der Waals surface area contributed by atoms with Crippen LogP contribution in [0.1, 0.15) is 20.3 Å². The lowest BCUT2D eigenvalue weighted by Gasteiger charge is -2.15. The van der Waals surface area contributed by atoms with Crippen LogP contribution in [-0.4, -0.2) is 6.54 Å². The summed E-state index contributed by atoms with van der Waals surface area (Å²) in [6, 6.07) is 0. The zero-order valence-corrected chi connectivity index (χ0v) is 5.15. The van der Waals surface area contributed by atoms with Crippen molar-refractivity contribution < 1.29 is 0 Å². The van der Waals surface area contributed by atoms with E-state index in [1.165, 1.54) is 6.42 Å². The van der Waals surface area contributed by atoms with E-state index in [0.29, 0.717) is 5.92 Å². The van der Waals surface area contributed by atoms with Gasteiger partial charge in [0.15, 0.2) is 0 Å². The second-order valence-corrected chi connectivity index (χ2v) is 1.86. The largest absolute Gasteiger partial charge is 0.360 e. The Kier molecular flexibility index (Phi) is 4.10. The lowest BCUT2D eigenvalue weighted by Crippen LogP contribution is -2.05. The summed E-state index contributed by atoms with van der Waals surface area (Å²) in [5, 5.41) is 0. The first-order chi connectivity index (χ1) is 3.31. The van der Waals surface area contributed by atoms with Gasteiger partial charge < -0.3 is 12.2 Å². The highest BCUT2D eigenvalue weighted by molar-refractivity contribution is 4.70. The van der Waals surface area contributed by atoms with Crippen molar-refractivity contribution in [2.24, 2.45) is 11.7 Å². The molecule has 44 valence electrons. The van der Waals surface area contributed by atoms with E-state index in [-0.39, 0.29) is 0 Å². The fourth-order valence-electron chi connectivity index (χ4n) is 0.399. The second-order valence-electron chi connectivity index (χ2n) is 1.86. The van der Waals surface area contributed by atoms with E-state index in [4.69, 9.17) is 5.73 Å². The highest BCUT2D eigenvalue weighted by atomic mass is 14.5. The van der Waals surface area contributed by atoms with Gasteiger partial charge in [-0.1, -0.05) is 20.3 Å². The van der Waals surface area contributed by atoms with Crippen LogP contribution in [0.25, 0.3) is 0 Å². The van der Waals surface area contributed by atoms with Crippen LogP contribution in [-0.2, 0) is 0 Å². The van der Waals surface area contributed by atoms with Crippen LogP contribution in [0.2, 0.25) is 0 Å². The van der Waals surface area contributed by atoms with Crippen LogP contribution in [0.3, 0.4) is 0 Å². The number of hydrogen-bond acceptors (Lipinski definition) is 1. The molecule has 0 fully saturated rings. The predicted molar refractivity (Wildman–Crippen MR) is 32.8 cm³/mol. The van der Waals surface area contributed by atoms with Gasteiger partial charge in [-0.05, 0) is 0 Å². The third kappa shape index (κ3) is 3.80. The van der Waals surface area contributed by atoms with Crippen LogP contribution < -0.4 is 5.73 Å². The maximum Gasteiger partial charge on any atom is -0.0676 e. The molecule has 0 aromatic carbocycles. The molecule has 0 aliphatic heterocycles. The average molecular weight is 100 g/mol. The van der Waals surface area contributed by atoms with Crippen molar-refractivity contribution in [2.75, 3.05) is 6.54 Å². The average Bonchev–Trinajstić information content (AvgIpc) is 1.68. The Hall–Kier alpha value is -0.0400. The summed E-state index contributed by atoms with van der Waals surface area (Å²) < 4.78 is 0. The highest BCUT2D eigenvalue weighted by Gasteiger charge is 1.80. The molecule has 0 aliphatic carbocycles. The standard InChI is InChI=1S/C6H14N/c1-3-6(2)4-5-7/h4,6H,3,5,7H2,1-2H3/q-1. The zero-order valence-electron chi connectivity index (χ0n) is 5.15. The first-order valence-corrected chi connectivity index (χ1v) is 2.84. The lowest BCUT2D eigenvalue weighted by atomic mass is 10.1. The first kappa shape index (κ1) is 6.96. The number of hydrogen-bond donors (Lipinski definition) is 1. The van der Waals surface area contributed by atoms with Crippen molar-refractivity contribution in [2.45, 2.75) is 20.3 Å². The van der Waals surface area contributed by atoms with Gasteiger partial charge >= 0.3 is 0 Å². The first-order valence-electron chi connectivity index (χ1n) is 2.84. The van der Waals surface area contributed by atoms with Crippen molar-refractivity contribution in [3.8, 4) is 0 Å². The smallest absolute Gasteiger partial charge is 0.0676 e. The van der Waals surface area contributed by atoms with Crippen molar-refractivity contribution >= 4 is 0 Å². The minimum Gasteiger partial charge on any atom is -0.360 e. The molecule has 0 rings (SSSR count). The van der Waals surface area contributed by atoms with E-state index >= 15 is 0 Å². The monoisotopic (exact) mass is 100 g/mol. The van der Waals surface area contributed by atoms with E-state index < -0.39 is 0 Å². The SMILES string of the molecule is CCC(C)[CH-]CN.